The van der Waals surface area contributed by atoms with E-state index in [-0.39, 0.29) is 5.91 Å². The van der Waals surface area contributed by atoms with Gasteiger partial charge in [0.1, 0.15) is 0 Å². The van der Waals surface area contributed by atoms with E-state index in [1.807, 2.05) is 45.2 Å². The van der Waals surface area contributed by atoms with Crippen LogP contribution in [0.25, 0.3) is 10.9 Å². The molecule has 1 heterocycles. The maximum atomic E-state index is 12.3. The van der Waals surface area contributed by atoms with Crippen LogP contribution in [0.3, 0.4) is 0 Å². The van der Waals surface area contributed by atoms with Gasteiger partial charge in [-0.05, 0) is 6.07 Å². The summed E-state index contributed by atoms with van der Waals surface area (Å²) in [6.07, 6.45) is 0. The van der Waals surface area contributed by atoms with Gasteiger partial charge >= 0.3 is 0 Å². The van der Waals surface area contributed by atoms with Crippen LogP contribution in [0.1, 0.15) is 24.3 Å². The lowest BCUT2D eigenvalue weighted by Crippen LogP contribution is -2.41. The van der Waals surface area contributed by atoms with Crippen molar-refractivity contribution in [1.82, 2.24) is 15.1 Å². The first-order chi connectivity index (χ1) is 9.33. The number of hydrogen-bond acceptors (Lipinski definition) is 3. The molecular formula is C14H18N4OS. The molecule has 0 saturated carbocycles. The van der Waals surface area contributed by atoms with Gasteiger partial charge in [-0.1, -0.05) is 44.3 Å². The predicted octanol–water partition coefficient (Wildman–Crippen LogP) is 1.62. The van der Waals surface area contributed by atoms with Gasteiger partial charge in [-0.15, -0.1) is 0 Å². The summed E-state index contributed by atoms with van der Waals surface area (Å²) in [7, 11) is 1.82. The highest BCUT2D eigenvalue weighted by molar-refractivity contribution is 7.80. The van der Waals surface area contributed by atoms with Gasteiger partial charge < -0.3 is 11.1 Å². The zero-order chi connectivity index (χ0) is 14.9. The lowest BCUT2D eigenvalue weighted by atomic mass is 9.93. The lowest BCUT2D eigenvalue weighted by molar-refractivity contribution is 0.0941. The molecule has 1 aromatic carbocycles. The van der Waals surface area contributed by atoms with Gasteiger partial charge in [-0.25, -0.2) is 0 Å². The first-order valence-corrected chi connectivity index (χ1v) is 6.73. The fourth-order valence-electron chi connectivity index (χ4n) is 1.85. The summed E-state index contributed by atoms with van der Waals surface area (Å²) in [6, 6.07) is 7.62. The largest absolute Gasteiger partial charge is 0.393 e. The fraction of sp³-hybridized carbons (Fsp3) is 0.357. The molecule has 0 unspecified atom stereocenters. The minimum absolute atomic E-state index is 0.217. The number of nitrogens with zero attached hydrogens (tertiary/aromatic N) is 2. The molecule has 0 bridgehead atoms. The third kappa shape index (κ3) is 2.65. The maximum Gasteiger partial charge on any atom is 0.272 e. The van der Waals surface area contributed by atoms with Crippen LogP contribution in [0.15, 0.2) is 24.3 Å². The zero-order valence-corrected chi connectivity index (χ0v) is 12.6. The van der Waals surface area contributed by atoms with E-state index in [0.29, 0.717) is 17.2 Å². The molecule has 106 valence electrons. The van der Waals surface area contributed by atoms with Crippen molar-refractivity contribution in [2.75, 3.05) is 6.54 Å². The van der Waals surface area contributed by atoms with Crippen LogP contribution in [-0.4, -0.2) is 27.2 Å². The number of amides is 1. The predicted molar refractivity (Wildman–Crippen MR) is 83.6 cm³/mol. The van der Waals surface area contributed by atoms with Gasteiger partial charge in [0, 0.05) is 24.4 Å². The Bertz CT molecular complexity index is 675. The molecule has 20 heavy (non-hydrogen) atoms. The summed E-state index contributed by atoms with van der Waals surface area (Å²) in [5.41, 5.74) is 6.57. The minimum atomic E-state index is -0.421. The first-order valence-electron chi connectivity index (χ1n) is 6.33. The molecule has 1 amide bonds. The molecule has 0 aliphatic rings. The average Bonchev–Trinajstić information content (AvgIpc) is 2.74. The Hall–Kier alpha value is -1.95. The zero-order valence-electron chi connectivity index (χ0n) is 11.8. The topological polar surface area (TPSA) is 72.9 Å². The van der Waals surface area contributed by atoms with Crippen molar-refractivity contribution in [3.63, 3.8) is 0 Å². The van der Waals surface area contributed by atoms with Crippen LogP contribution < -0.4 is 11.1 Å². The quantitative estimate of drug-likeness (QED) is 0.839. The molecular weight excluding hydrogens is 272 g/mol. The van der Waals surface area contributed by atoms with Gasteiger partial charge in [-0.3, -0.25) is 9.48 Å². The van der Waals surface area contributed by atoms with Crippen LogP contribution in [0, 0.1) is 5.41 Å². The van der Waals surface area contributed by atoms with Crippen molar-refractivity contribution in [3.05, 3.63) is 30.0 Å². The van der Waals surface area contributed by atoms with E-state index >= 15 is 0 Å². The molecule has 0 aliphatic carbocycles. The number of aromatic nitrogens is 2. The summed E-state index contributed by atoms with van der Waals surface area (Å²) in [5.74, 6) is -0.217. The van der Waals surface area contributed by atoms with Gasteiger partial charge in [0.25, 0.3) is 5.91 Å². The van der Waals surface area contributed by atoms with Crippen molar-refractivity contribution in [2.24, 2.45) is 18.2 Å². The van der Waals surface area contributed by atoms with E-state index in [1.165, 1.54) is 0 Å². The van der Waals surface area contributed by atoms with Crippen LogP contribution in [0.4, 0.5) is 0 Å². The Morgan fingerprint density at radius 2 is 2.10 bits per heavy atom. The van der Waals surface area contributed by atoms with Crippen molar-refractivity contribution >= 4 is 34.0 Å². The smallest absolute Gasteiger partial charge is 0.272 e. The molecule has 2 rings (SSSR count). The Kier molecular flexibility index (Phi) is 3.76. The van der Waals surface area contributed by atoms with Crippen molar-refractivity contribution in [1.29, 1.82) is 0 Å². The number of thiocarbonyl (C=S) groups is 1. The van der Waals surface area contributed by atoms with Crippen molar-refractivity contribution in [3.8, 4) is 0 Å². The molecule has 0 spiro atoms. The average molecular weight is 290 g/mol. The van der Waals surface area contributed by atoms with E-state index < -0.39 is 5.41 Å². The Balaban J connectivity index is 2.23. The van der Waals surface area contributed by atoms with Crippen molar-refractivity contribution in [2.45, 2.75) is 13.8 Å². The number of carbonyl (C=O) groups is 1. The van der Waals surface area contributed by atoms with Crippen LogP contribution in [0.2, 0.25) is 0 Å². The minimum Gasteiger partial charge on any atom is -0.393 e. The third-order valence-corrected chi connectivity index (χ3v) is 3.88. The fourth-order valence-corrected chi connectivity index (χ4v) is 1.93. The highest BCUT2D eigenvalue weighted by Crippen LogP contribution is 2.18. The number of aryl methyl sites for hydroxylation is 1. The molecule has 1 aromatic heterocycles. The second-order valence-corrected chi connectivity index (χ2v) is 5.86. The van der Waals surface area contributed by atoms with Crippen LogP contribution in [0.5, 0.6) is 0 Å². The maximum absolute atomic E-state index is 12.3. The Morgan fingerprint density at radius 1 is 1.45 bits per heavy atom. The molecule has 2 aromatic rings. The summed E-state index contributed by atoms with van der Waals surface area (Å²) < 4.78 is 1.70. The van der Waals surface area contributed by atoms with Gasteiger partial charge in [0.2, 0.25) is 0 Å². The number of benzene rings is 1. The highest BCUT2D eigenvalue weighted by Gasteiger charge is 2.23. The van der Waals surface area contributed by atoms with Crippen molar-refractivity contribution < 1.29 is 4.79 Å². The second-order valence-electron chi connectivity index (χ2n) is 5.42. The number of para-hydroxylation sites is 1. The summed E-state index contributed by atoms with van der Waals surface area (Å²) in [5, 5.41) is 7.95. The highest BCUT2D eigenvalue weighted by atomic mass is 32.1. The SMILES string of the molecule is Cn1nc(C(=O)NCC(C)(C)C(N)=S)c2ccccc21. The Morgan fingerprint density at radius 3 is 2.75 bits per heavy atom. The number of hydrogen-bond donors (Lipinski definition) is 2. The third-order valence-electron chi connectivity index (χ3n) is 3.33. The standard InChI is InChI=1S/C14H18N4OS/c1-14(2,13(15)20)8-16-12(19)11-9-6-4-5-7-10(9)18(3)17-11/h4-7H,8H2,1-3H3,(H2,15,20)(H,16,19). The van der Waals surface area contributed by atoms with Crippen LogP contribution >= 0.6 is 12.2 Å². The Labute approximate surface area is 123 Å². The summed E-state index contributed by atoms with van der Waals surface area (Å²) in [4.78, 5) is 12.6. The molecule has 0 aliphatic heterocycles. The number of rotatable bonds is 4. The molecule has 0 fully saturated rings. The number of carbonyl (C=O) groups excluding carboxylic acids is 1. The summed E-state index contributed by atoms with van der Waals surface area (Å²) in [6.45, 7) is 4.17. The number of fused-ring (bicyclic) bond motifs is 1. The van der Waals surface area contributed by atoms with Gasteiger partial charge in [0.05, 0.1) is 10.5 Å². The van der Waals surface area contributed by atoms with E-state index in [2.05, 4.69) is 10.4 Å². The molecule has 5 nitrogen and oxygen atoms in total. The van der Waals surface area contributed by atoms with Crippen LogP contribution in [-0.2, 0) is 7.05 Å². The number of nitrogens with one attached hydrogen (secondary N) is 1. The molecule has 0 radical (unpaired) electrons. The first kappa shape index (κ1) is 14.5. The van der Waals surface area contributed by atoms with E-state index in [4.69, 9.17) is 18.0 Å². The second kappa shape index (κ2) is 5.20. The van der Waals surface area contributed by atoms with Gasteiger partial charge in [0.15, 0.2) is 5.69 Å². The lowest BCUT2D eigenvalue weighted by Gasteiger charge is -2.22. The molecule has 0 atom stereocenters. The summed E-state index contributed by atoms with van der Waals surface area (Å²) >= 11 is 4.99. The molecule has 3 N–H and O–H groups in total. The van der Waals surface area contributed by atoms with E-state index in [9.17, 15) is 4.79 Å². The van der Waals surface area contributed by atoms with E-state index in [0.717, 1.165) is 10.9 Å². The van der Waals surface area contributed by atoms with Gasteiger partial charge in [-0.2, -0.15) is 5.10 Å². The monoisotopic (exact) mass is 290 g/mol. The number of nitrogens with two attached hydrogens (primary N) is 1. The molecule has 6 heteroatoms. The normalized spacial score (nSPS) is 11.6. The van der Waals surface area contributed by atoms with E-state index in [1.54, 1.807) is 4.68 Å². The molecule has 0 saturated heterocycles.